The van der Waals surface area contributed by atoms with E-state index in [9.17, 15) is 4.79 Å². The van der Waals surface area contributed by atoms with Gasteiger partial charge in [-0.1, -0.05) is 30.3 Å². The first-order valence-electron chi connectivity index (χ1n) is 9.96. The van der Waals surface area contributed by atoms with Gasteiger partial charge in [0.1, 0.15) is 5.75 Å². The van der Waals surface area contributed by atoms with Crippen molar-refractivity contribution in [3.63, 3.8) is 0 Å². The summed E-state index contributed by atoms with van der Waals surface area (Å²) in [6.45, 7) is 2.50. The number of nitrogens with zero attached hydrogens (tertiary/aromatic N) is 2. The van der Waals surface area contributed by atoms with E-state index in [4.69, 9.17) is 10.5 Å². The van der Waals surface area contributed by atoms with Crippen LogP contribution in [0.4, 0.5) is 11.4 Å². The van der Waals surface area contributed by atoms with Gasteiger partial charge >= 0.3 is 0 Å². The number of methoxy groups -OCH3 is 1. The van der Waals surface area contributed by atoms with Crippen LogP contribution in [0, 0.1) is 0 Å². The second-order valence-electron chi connectivity index (χ2n) is 7.53. The average molecular weight is 404 g/mol. The number of carbonyl (C=O) groups excluding carboxylic acids is 1. The predicted octanol–water partition coefficient (Wildman–Crippen LogP) is 4.75. The Hall–Kier alpha value is -3.47. The van der Waals surface area contributed by atoms with Crippen molar-refractivity contribution in [3.8, 4) is 5.75 Å². The normalized spacial score (nSPS) is 11.6. The van der Waals surface area contributed by atoms with Crippen molar-refractivity contribution in [1.82, 2.24) is 4.90 Å². The molecule has 0 saturated carbocycles. The maximum Gasteiger partial charge on any atom is 0.254 e. The van der Waals surface area contributed by atoms with Crippen molar-refractivity contribution in [2.45, 2.75) is 19.5 Å². The number of nitrogens with two attached hydrogens (primary N) is 1. The molecule has 0 spiro atoms. The zero-order chi connectivity index (χ0) is 21.7. The lowest BCUT2D eigenvalue weighted by Gasteiger charge is -2.31. The standard InChI is InChI=1S/C25H29N3O2/c1-18(19-8-6-5-7-9-19)28(25(29)20-10-13-23(30-4)14-11-20)17-21-16-22(26)12-15-24(21)27(2)3/h5-16,18H,17,26H2,1-4H3/t18-/m0/s1. The summed E-state index contributed by atoms with van der Waals surface area (Å²) in [4.78, 5) is 17.5. The molecule has 0 aliphatic rings. The van der Waals surface area contributed by atoms with E-state index in [1.54, 1.807) is 19.2 Å². The van der Waals surface area contributed by atoms with Crippen LogP contribution < -0.4 is 15.4 Å². The molecule has 5 nitrogen and oxygen atoms in total. The Balaban J connectivity index is 2.01. The van der Waals surface area contributed by atoms with Crippen LogP contribution in [0.15, 0.2) is 72.8 Å². The number of hydrogen-bond donors (Lipinski definition) is 1. The van der Waals surface area contributed by atoms with E-state index < -0.39 is 0 Å². The molecule has 3 rings (SSSR count). The molecule has 0 aromatic heterocycles. The molecule has 2 N–H and O–H groups in total. The lowest BCUT2D eigenvalue weighted by Crippen LogP contribution is -2.33. The van der Waals surface area contributed by atoms with E-state index in [1.165, 1.54) is 0 Å². The molecule has 156 valence electrons. The zero-order valence-corrected chi connectivity index (χ0v) is 18.0. The Bertz CT molecular complexity index is 985. The number of anilines is 2. The largest absolute Gasteiger partial charge is 0.497 e. The van der Waals surface area contributed by atoms with Gasteiger partial charge in [-0.2, -0.15) is 0 Å². The van der Waals surface area contributed by atoms with Gasteiger partial charge in [0.15, 0.2) is 0 Å². The quantitative estimate of drug-likeness (QED) is 0.579. The second-order valence-corrected chi connectivity index (χ2v) is 7.53. The third-order valence-electron chi connectivity index (χ3n) is 5.27. The molecule has 0 fully saturated rings. The molecule has 0 radical (unpaired) electrons. The van der Waals surface area contributed by atoms with Crippen LogP contribution in [-0.2, 0) is 6.54 Å². The smallest absolute Gasteiger partial charge is 0.254 e. The van der Waals surface area contributed by atoms with E-state index in [0.717, 1.165) is 22.6 Å². The first-order chi connectivity index (χ1) is 14.4. The Kier molecular flexibility index (Phi) is 6.62. The van der Waals surface area contributed by atoms with Crippen molar-refractivity contribution in [2.24, 2.45) is 0 Å². The van der Waals surface area contributed by atoms with Gasteiger partial charge in [-0.15, -0.1) is 0 Å². The molecule has 5 heteroatoms. The number of nitrogen functional groups attached to an aromatic ring is 1. The van der Waals surface area contributed by atoms with Gasteiger partial charge in [-0.25, -0.2) is 0 Å². The molecule has 1 atom stereocenters. The number of ether oxygens (including phenoxy) is 1. The Morgan fingerprint density at radius 1 is 1.00 bits per heavy atom. The van der Waals surface area contributed by atoms with Crippen LogP contribution in [0.3, 0.4) is 0 Å². The minimum Gasteiger partial charge on any atom is -0.497 e. The second kappa shape index (κ2) is 9.35. The summed E-state index contributed by atoms with van der Waals surface area (Å²) in [6.07, 6.45) is 0. The summed E-state index contributed by atoms with van der Waals surface area (Å²) in [5, 5.41) is 0. The molecule has 0 aliphatic heterocycles. The van der Waals surface area contributed by atoms with Crippen LogP contribution in [0.5, 0.6) is 5.75 Å². The zero-order valence-electron chi connectivity index (χ0n) is 18.0. The molecule has 0 heterocycles. The summed E-state index contributed by atoms with van der Waals surface area (Å²) in [6, 6.07) is 23.0. The summed E-state index contributed by atoms with van der Waals surface area (Å²) in [5.74, 6) is 0.682. The van der Waals surface area contributed by atoms with Crippen LogP contribution in [0.25, 0.3) is 0 Å². The summed E-state index contributed by atoms with van der Waals surface area (Å²) in [7, 11) is 5.60. The molecule has 0 unspecified atom stereocenters. The van der Waals surface area contributed by atoms with Gasteiger partial charge in [0.25, 0.3) is 5.91 Å². The van der Waals surface area contributed by atoms with Gasteiger partial charge in [-0.3, -0.25) is 4.79 Å². The van der Waals surface area contributed by atoms with Gasteiger partial charge in [0, 0.05) is 37.6 Å². The Morgan fingerprint density at radius 2 is 1.67 bits per heavy atom. The number of benzene rings is 3. The SMILES string of the molecule is COc1ccc(C(=O)N(Cc2cc(N)ccc2N(C)C)[C@@H](C)c2ccccc2)cc1. The minimum absolute atomic E-state index is 0.0406. The summed E-state index contributed by atoms with van der Waals surface area (Å²) < 4.78 is 5.23. The molecule has 30 heavy (non-hydrogen) atoms. The Morgan fingerprint density at radius 3 is 2.27 bits per heavy atom. The fourth-order valence-corrected chi connectivity index (χ4v) is 3.55. The van der Waals surface area contributed by atoms with Crippen LogP contribution in [0.1, 0.15) is 34.5 Å². The highest BCUT2D eigenvalue weighted by Crippen LogP contribution is 2.29. The fraction of sp³-hybridized carbons (Fsp3) is 0.240. The van der Waals surface area contributed by atoms with Crippen molar-refractivity contribution in [1.29, 1.82) is 0 Å². The van der Waals surface area contributed by atoms with E-state index in [1.807, 2.05) is 84.6 Å². The van der Waals surface area contributed by atoms with E-state index in [0.29, 0.717) is 17.8 Å². The van der Waals surface area contributed by atoms with E-state index in [-0.39, 0.29) is 11.9 Å². The highest BCUT2D eigenvalue weighted by atomic mass is 16.5. The average Bonchev–Trinajstić information content (AvgIpc) is 2.77. The summed E-state index contributed by atoms with van der Waals surface area (Å²) >= 11 is 0. The molecular formula is C25H29N3O2. The maximum absolute atomic E-state index is 13.6. The molecule has 1 amide bonds. The number of rotatable bonds is 7. The predicted molar refractivity (Wildman–Crippen MR) is 123 cm³/mol. The number of hydrogen-bond acceptors (Lipinski definition) is 4. The highest BCUT2D eigenvalue weighted by molar-refractivity contribution is 5.94. The lowest BCUT2D eigenvalue weighted by molar-refractivity contribution is 0.0674. The maximum atomic E-state index is 13.6. The van der Waals surface area contributed by atoms with Crippen molar-refractivity contribution in [3.05, 3.63) is 89.5 Å². The van der Waals surface area contributed by atoms with Crippen LogP contribution >= 0.6 is 0 Å². The van der Waals surface area contributed by atoms with Gasteiger partial charge in [0.2, 0.25) is 0 Å². The van der Waals surface area contributed by atoms with Crippen molar-refractivity contribution < 1.29 is 9.53 Å². The highest BCUT2D eigenvalue weighted by Gasteiger charge is 2.24. The molecule has 0 saturated heterocycles. The number of carbonyl (C=O) groups is 1. The number of amides is 1. The van der Waals surface area contributed by atoms with Crippen molar-refractivity contribution in [2.75, 3.05) is 31.8 Å². The third-order valence-corrected chi connectivity index (χ3v) is 5.27. The molecule has 3 aromatic carbocycles. The summed E-state index contributed by atoms with van der Waals surface area (Å²) in [5.41, 5.74) is 10.5. The van der Waals surface area contributed by atoms with Crippen molar-refractivity contribution >= 4 is 17.3 Å². The molecule has 0 bridgehead atoms. The van der Waals surface area contributed by atoms with Crippen LogP contribution in [0.2, 0.25) is 0 Å². The monoisotopic (exact) mass is 403 g/mol. The lowest BCUT2D eigenvalue weighted by atomic mass is 10.0. The first kappa shape index (κ1) is 21.2. The van der Waals surface area contributed by atoms with E-state index in [2.05, 4.69) is 6.92 Å². The fourth-order valence-electron chi connectivity index (χ4n) is 3.55. The first-order valence-corrected chi connectivity index (χ1v) is 9.96. The Labute approximate surface area is 178 Å². The molecular weight excluding hydrogens is 374 g/mol. The topological polar surface area (TPSA) is 58.8 Å². The van der Waals surface area contributed by atoms with Gasteiger partial charge in [0.05, 0.1) is 13.2 Å². The van der Waals surface area contributed by atoms with E-state index >= 15 is 0 Å². The molecule has 0 aliphatic carbocycles. The molecule has 3 aromatic rings. The third kappa shape index (κ3) is 4.74. The van der Waals surface area contributed by atoms with Gasteiger partial charge in [-0.05, 0) is 60.5 Å². The van der Waals surface area contributed by atoms with Crippen LogP contribution in [-0.4, -0.2) is 32.0 Å². The van der Waals surface area contributed by atoms with Gasteiger partial charge < -0.3 is 20.3 Å². The minimum atomic E-state index is -0.114.